The highest BCUT2D eigenvalue weighted by atomic mass is 16.3. The number of hydrogen-bond acceptors (Lipinski definition) is 3. The molecule has 2 aromatic rings. The zero-order valence-corrected chi connectivity index (χ0v) is 10.5. The van der Waals surface area contributed by atoms with E-state index in [1.165, 1.54) is 6.07 Å². The highest BCUT2D eigenvalue weighted by Crippen LogP contribution is 2.21. The van der Waals surface area contributed by atoms with E-state index in [9.17, 15) is 9.90 Å². The van der Waals surface area contributed by atoms with Gasteiger partial charge < -0.3 is 16.2 Å². The summed E-state index contributed by atoms with van der Waals surface area (Å²) in [6.07, 6.45) is 0.238. The molecular weight excluding hydrogens is 240 g/mol. The molecule has 98 valence electrons. The molecule has 4 heteroatoms. The fourth-order valence-corrected chi connectivity index (χ4v) is 1.88. The van der Waals surface area contributed by atoms with Crippen LogP contribution in [0.2, 0.25) is 0 Å². The van der Waals surface area contributed by atoms with E-state index in [-0.39, 0.29) is 18.1 Å². The van der Waals surface area contributed by atoms with Gasteiger partial charge >= 0.3 is 0 Å². The lowest BCUT2D eigenvalue weighted by molar-refractivity contribution is -0.115. The van der Waals surface area contributed by atoms with Crippen LogP contribution in [0.4, 0.5) is 5.69 Å². The summed E-state index contributed by atoms with van der Waals surface area (Å²) < 4.78 is 0. The van der Waals surface area contributed by atoms with Crippen molar-refractivity contribution in [3.05, 3.63) is 59.7 Å². The summed E-state index contributed by atoms with van der Waals surface area (Å²) in [5.74, 6) is -0.120. The largest absolute Gasteiger partial charge is 0.506 e. The number of carbonyl (C=O) groups excluding carboxylic acids is 1. The standard InChI is InChI=1S/C15H16N2O2/c16-10-12-6-2-1-5-11(12)9-15(19)17-13-7-3-4-8-14(13)18/h1-8,18H,9-10,16H2,(H,17,19). The van der Waals surface area contributed by atoms with Gasteiger partial charge in [-0.15, -0.1) is 0 Å². The van der Waals surface area contributed by atoms with Crippen molar-refractivity contribution < 1.29 is 9.90 Å². The van der Waals surface area contributed by atoms with E-state index in [0.717, 1.165) is 11.1 Å². The molecule has 4 nitrogen and oxygen atoms in total. The summed E-state index contributed by atoms with van der Waals surface area (Å²) in [5, 5.41) is 12.3. The van der Waals surface area contributed by atoms with Crippen molar-refractivity contribution in [3.63, 3.8) is 0 Å². The first-order chi connectivity index (χ1) is 9.20. The number of hydrogen-bond donors (Lipinski definition) is 3. The minimum atomic E-state index is -0.178. The molecule has 0 radical (unpaired) electrons. The Labute approximate surface area is 111 Å². The van der Waals surface area contributed by atoms with Crippen LogP contribution in [0.25, 0.3) is 0 Å². The number of nitrogens with one attached hydrogen (secondary N) is 1. The molecule has 19 heavy (non-hydrogen) atoms. The summed E-state index contributed by atoms with van der Waals surface area (Å²) in [6, 6.07) is 14.2. The van der Waals surface area contributed by atoms with Crippen molar-refractivity contribution in [2.75, 3.05) is 5.32 Å². The van der Waals surface area contributed by atoms with E-state index in [2.05, 4.69) is 5.32 Å². The van der Waals surface area contributed by atoms with E-state index in [1.807, 2.05) is 24.3 Å². The highest BCUT2D eigenvalue weighted by molar-refractivity contribution is 5.93. The van der Waals surface area contributed by atoms with Crippen LogP contribution in [0, 0.1) is 0 Å². The normalized spacial score (nSPS) is 10.2. The summed E-state index contributed by atoms with van der Waals surface area (Å²) in [6.45, 7) is 0.403. The van der Waals surface area contributed by atoms with Crippen molar-refractivity contribution >= 4 is 11.6 Å². The molecule has 0 aliphatic rings. The maximum atomic E-state index is 11.9. The third kappa shape index (κ3) is 3.33. The van der Waals surface area contributed by atoms with Gasteiger partial charge in [0.25, 0.3) is 0 Å². The number of para-hydroxylation sites is 2. The molecule has 2 aromatic carbocycles. The molecule has 0 bridgehead atoms. The number of carbonyl (C=O) groups is 1. The fraction of sp³-hybridized carbons (Fsp3) is 0.133. The average Bonchev–Trinajstić information content (AvgIpc) is 2.42. The molecule has 0 fully saturated rings. The monoisotopic (exact) mass is 256 g/mol. The first-order valence-corrected chi connectivity index (χ1v) is 6.05. The molecular formula is C15H16N2O2. The van der Waals surface area contributed by atoms with Crippen LogP contribution in [-0.2, 0) is 17.8 Å². The maximum absolute atomic E-state index is 11.9. The van der Waals surface area contributed by atoms with Crippen molar-refractivity contribution in [1.82, 2.24) is 0 Å². The van der Waals surface area contributed by atoms with Gasteiger partial charge in [0.05, 0.1) is 12.1 Å². The van der Waals surface area contributed by atoms with E-state index >= 15 is 0 Å². The second kappa shape index (κ2) is 6.02. The van der Waals surface area contributed by atoms with Crippen molar-refractivity contribution in [2.24, 2.45) is 5.73 Å². The molecule has 0 heterocycles. The van der Waals surface area contributed by atoms with E-state index < -0.39 is 0 Å². The van der Waals surface area contributed by atoms with Crippen LogP contribution in [0.1, 0.15) is 11.1 Å². The quantitative estimate of drug-likeness (QED) is 0.733. The Balaban J connectivity index is 2.08. The predicted molar refractivity (Wildman–Crippen MR) is 74.8 cm³/mol. The van der Waals surface area contributed by atoms with Gasteiger partial charge in [0.15, 0.2) is 0 Å². The van der Waals surface area contributed by atoms with Crippen molar-refractivity contribution in [2.45, 2.75) is 13.0 Å². The number of amides is 1. The SMILES string of the molecule is NCc1ccccc1CC(=O)Nc1ccccc1O. The third-order valence-corrected chi connectivity index (χ3v) is 2.87. The highest BCUT2D eigenvalue weighted by Gasteiger charge is 2.09. The Morgan fingerprint density at radius 3 is 2.37 bits per heavy atom. The van der Waals surface area contributed by atoms with Gasteiger partial charge in [-0.1, -0.05) is 36.4 Å². The predicted octanol–water partition coefficient (Wildman–Crippen LogP) is 2.03. The Hall–Kier alpha value is -2.33. The van der Waals surface area contributed by atoms with Crippen LogP contribution >= 0.6 is 0 Å². The number of nitrogens with two attached hydrogens (primary N) is 1. The van der Waals surface area contributed by atoms with E-state index in [4.69, 9.17) is 5.73 Å². The maximum Gasteiger partial charge on any atom is 0.228 e. The van der Waals surface area contributed by atoms with Gasteiger partial charge in [-0.2, -0.15) is 0 Å². The van der Waals surface area contributed by atoms with Crippen LogP contribution in [-0.4, -0.2) is 11.0 Å². The number of aromatic hydroxyl groups is 1. The Kier molecular flexibility index (Phi) is 4.15. The number of rotatable bonds is 4. The number of phenolic OH excluding ortho intramolecular Hbond substituents is 1. The summed E-state index contributed by atoms with van der Waals surface area (Å²) in [7, 11) is 0. The smallest absolute Gasteiger partial charge is 0.228 e. The number of anilines is 1. The summed E-state index contributed by atoms with van der Waals surface area (Å²) in [4.78, 5) is 11.9. The van der Waals surface area contributed by atoms with Crippen LogP contribution in [0.5, 0.6) is 5.75 Å². The fourth-order valence-electron chi connectivity index (χ4n) is 1.88. The van der Waals surface area contributed by atoms with Gasteiger partial charge in [0.1, 0.15) is 5.75 Å². The third-order valence-electron chi connectivity index (χ3n) is 2.87. The molecule has 0 saturated carbocycles. The second-order valence-corrected chi connectivity index (χ2v) is 4.21. The van der Waals surface area contributed by atoms with Crippen molar-refractivity contribution in [1.29, 1.82) is 0 Å². The minimum absolute atomic E-state index is 0.0583. The van der Waals surface area contributed by atoms with E-state index in [0.29, 0.717) is 12.2 Å². The molecule has 1 amide bonds. The van der Waals surface area contributed by atoms with Gasteiger partial charge in [-0.05, 0) is 23.3 Å². The number of benzene rings is 2. The zero-order valence-electron chi connectivity index (χ0n) is 10.5. The Morgan fingerprint density at radius 2 is 1.68 bits per heavy atom. The lowest BCUT2D eigenvalue weighted by Gasteiger charge is -2.09. The molecule has 0 aliphatic heterocycles. The molecule has 0 aromatic heterocycles. The second-order valence-electron chi connectivity index (χ2n) is 4.21. The Bertz CT molecular complexity index is 582. The van der Waals surface area contributed by atoms with Gasteiger partial charge in [0.2, 0.25) is 5.91 Å². The summed E-state index contributed by atoms with van der Waals surface area (Å²) in [5.41, 5.74) is 7.90. The topological polar surface area (TPSA) is 75.4 Å². The summed E-state index contributed by atoms with van der Waals surface area (Å²) >= 11 is 0. The van der Waals surface area contributed by atoms with Crippen LogP contribution in [0.15, 0.2) is 48.5 Å². The zero-order chi connectivity index (χ0) is 13.7. The van der Waals surface area contributed by atoms with E-state index in [1.54, 1.807) is 18.2 Å². The van der Waals surface area contributed by atoms with Gasteiger partial charge in [0, 0.05) is 6.54 Å². The molecule has 0 unspecified atom stereocenters. The molecule has 0 atom stereocenters. The molecule has 2 rings (SSSR count). The Morgan fingerprint density at radius 1 is 1.05 bits per heavy atom. The van der Waals surface area contributed by atoms with Crippen LogP contribution < -0.4 is 11.1 Å². The lowest BCUT2D eigenvalue weighted by atomic mass is 10.0. The molecule has 4 N–H and O–H groups in total. The first-order valence-electron chi connectivity index (χ1n) is 6.05. The van der Waals surface area contributed by atoms with Crippen LogP contribution in [0.3, 0.4) is 0 Å². The number of phenols is 1. The molecule has 0 aliphatic carbocycles. The molecule has 0 spiro atoms. The van der Waals surface area contributed by atoms with Crippen molar-refractivity contribution in [3.8, 4) is 5.75 Å². The minimum Gasteiger partial charge on any atom is -0.506 e. The van der Waals surface area contributed by atoms with Gasteiger partial charge in [-0.25, -0.2) is 0 Å². The van der Waals surface area contributed by atoms with Gasteiger partial charge in [-0.3, -0.25) is 4.79 Å². The molecule has 0 saturated heterocycles. The lowest BCUT2D eigenvalue weighted by Crippen LogP contribution is -2.16. The first kappa shape index (κ1) is 13.1. The average molecular weight is 256 g/mol.